The number of hydrogen-bond acceptors (Lipinski definition) is 4. The summed E-state index contributed by atoms with van der Waals surface area (Å²) in [6.45, 7) is 5.07. The highest BCUT2D eigenvalue weighted by atomic mass is 35.5. The molecule has 2 N–H and O–H groups in total. The molecule has 1 atom stereocenters. The smallest absolute Gasteiger partial charge is 0.240 e. The van der Waals surface area contributed by atoms with E-state index in [0.29, 0.717) is 19.7 Å². The van der Waals surface area contributed by atoms with Gasteiger partial charge in [0.05, 0.1) is 19.1 Å². The lowest BCUT2D eigenvalue weighted by molar-refractivity contribution is -0.138. The Morgan fingerprint density at radius 3 is 2.94 bits per heavy atom. The Morgan fingerprint density at radius 1 is 1.61 bits per heavy atom. The van der Waals surface area contributed by atoms with Crippen molar-refractivity contribution in [3.8, 4) is 0 Å². The molecule has 0 radical (unpaired) electrons. The summed E-state index contributed by atoms with van der Waals surface area (Å²) in [7, 11) is 1.58. The van der Waals surface area contributed by atoms with Crippen LogP contribution in [0, 0.1) is 0 Å². The number of hydrogen-bond donors (Lipinski definition) is 2. The summed E-state index contributed by atoms with van der Waals surface area (Å²) < 4.78 is 4.83. The third-order valence-corrected chi connectivity index (χ3v) is 2.78. The number of carbonyl (C=O) groups excluding carboxylic acids is 2. The zero-order valence-electron chi connectivity index (χ0n) is 10.9. The molecule has 0 spiro atoms. The third kappa shape index (κ3) is 5.20. The fraction of sp³-hybridized carbons (Fsp3) is 0.818. The van der Waals surface area contributed by atoms with Crippen LogP contribution in [-0.2, 0) is 14.3 Å². The maximum absolute atomic E-state index is 11.9. The first-order valence-electron chi connectivity index (χ1n) is 5.96. The van der Waals surface area contributed by atoms with E-state index in [4.69, 9.17) is 4.74 Å². The maximum atomic E-state index is 11.9. The molecule has 106 valence electrons. The van der Waals surface area contributed by atoms with Crippen molar-refractivity contribution in [2.24, 2.45) is 0 Å². The molecular weight excluding hydrogens is 258 g/mol. The summed E-state index contributed by atoms with van der Waals surface area (Å²) in [5.74, 6) is -0.105. The predicted octanol–water partition coefficient (Wildman–Crippen LogP) is -0.619. The molecule has 1 unspecified atom stereocenters. The maximum Gasteiger partial charge on any atom is 0.240 e. The lowest BCUT2D eigenvalue weighted by Gasteiger charge is -2.32. The minimum atomic E-state index is -0.383. The van der Waals surface area contributed by atoms with Crippen LogP contribution < -0.4 is 10.6 Å². The Labute approximate surface area is 114 Å². The number of nitrogens with zero attached hydrogens (tertiary/aromatic N) is 1. The largest absolute Gasteiger partial charge is 0.383 e. The molecule has 2 amide bonds. The van der Waals surface area contributed by atoms with Crippen LogP contribution in [0.5, 0.6) is 0 Å². The second kappa shape index (κ2) is 9.13. The Kier molecular flexibility index (Phi) is 8.70. The standard InChI is InChI=1S/C11H21N3O3.ClH/c1-3-14-6-4-12-9(11(14)16)8-10(15)13-5-7-17-2;/h9,12H,3-8H2,1-2H3,(H,13,15);1H. The van der Waals surface area contributed by atoms with E-state index in [1.807, 2.05) is 6.92 Å². The van der Waals surface area contributed by atoms with Gasteiger partial charge in [0.15, 0.2) is 0 Å². The molecular formula is C11H22ClN3O3. The number of likely N-dealkylation sites (N-methyl/N-ethyl adjacent to an activating group) is 1. The SMILES string of the molecule is CCN1CCNC(CC(=O)NCCOC)C1=O.Cl. The molecule has 0 aromatic carbocycles. The van der Waals surface area contributed by atoms with E-state index < -0.39 is 0 Å². The Balaban J connectivity index is 0.00000289. The minimum absolute atomic E-state index is 0. The van der Waals surface area contributed by atoms with Gasteiger partial charge in [-0.1, -0.05) is 0 Å². The highest BCUT2D eigenvalue weighted by Crippen LogP contribution is 2.04. The normalized spacial score (nSPS) is 19.3. The molecule has 1 rings (SSSR count). The molecule has 1 aliphatic rings. The monoisotopic (exact) mass is 279 g/mol. The Morgan fingerprint density at radius 2 is 2.33 bits per heavy atom. The summed E-state index contributed by atoms with van der Waals surface area (Å²) >= 11 is 0. The summed E-state index contributed by atoms with van der Waals surface area (Å²) in [5, 5.41) is 5.78. The predicted molar refractivity (Wildman–Crippen MR) is 70.8 cm³/mol. The number of piperazine rings is 1. The van der Waals surface area contributed by atoms with Crippen molar-refractivity contribution in [1.82, 2.24) is 15.5 Å². The van der Waals surface area contributed by atoms with Gasteiger partial charge in [0.2, 0.25) is 11.8 Å². The average Bonchev–Trinajstić information content (AvgIpc) is 2.32. The molecule has 0 aromatic rings. The van der Waals surface area contributed by atoms with Crippen molar-refractivity contribution in [2.75, 3.05) is 39.9 Å². The molecule has 1 fully saturated rings. The molecule has 0 aromatic heterocycles. The van der Waals surface area contributed by atoms with Gasteiger partial charge < -0.3 is 20.3 Å². The molecule has 7 heteroatoms. The molecule has 0 bridgehead atoms. The second-order valence-electron chi connectivity index (χ2n) is 3.97. The lowest BCUT2D eigenvalue weighted by Crippen LogP contribution is -2.56. The number of methoxy groups -OCH3 is 1. The van der Waals surface area contributed by atoms with E-state index in [9.17, 15) is 9.59 Å². The number of halogens is 1. The molecule has 0 saturated carbocycles. The van der Waals surface area contributed by atoms with Gasteiger partial charge in [-0.05, 0) is 6.92 Å². The average molecular weight is 280 g/mol. The second-order valence-corrected chi connectivity index (χ2v) is 3.97. The number of amides is 2. The van der Waals surface area contributed by atoms with Gasteiger partial charge in [-0.25, -0.2) is 0 Å². The van der Waals surface area contributed by atoms with Crippen molar-refractivity contribution in [3.63, 3.8) is 0 Å². The summed E-state index contributed by atoms with van der Waals surface area (Å²) in [4.78, 5) is 25.2. The number of nitrogens with one attached hydrogen (secondary N) is 2. The molecule has 6 nitrogen and oxygen atoms in total. The number of carbonyl (C=O) groups is 2. The summed E-state index contributed by atoms with van der Waals surface area (Å²) in [5.41, 5.74) is 0. The fourth-order valence-corrected chi connectivity index (χ4v) is 1.82. The first-order chi connectivity index (χ1) is 8.19. The fourth-order valence-electron chi connectivity index (χ4n) is 1.82. The van der Waals surface area contributed by atoms with E-state index in [2.05, 4.69) is 10.6 Å². The van der Waals surface area contributed by atoms with Gasteiger partial charge in [0.1, 0.15) is 0 Å². The van der Waals surface area contributed by atoms with Crippen molar-refractivity contribution in [1.29, 1.82) is 0 Å². The van der Waals surface area contributed by atoms with Crippen molar-refractivity contribution < 1.29 is 14.3 Å². The van der Waals surface area contributed by atoms with Crippen molar-refractivity contribution >= 4 is 24.2 Å². The van der Waals surface area contributed by atoms with Gasteiger partial charge in [0, 0.05) is 33.3 Å². The lowest BCUT2D eigenvalue weighted by atomic mass is 10.1. The van der Waals surface area contributed by atoms with E-state index in [1.165, 1.54) is 0 Å². The number of rotatable bonds is 6. The Hall–Kier alpha value is -0.850. The zero-order valence-corrected chi connectivity index (χ0v) is 11.7. The van der Waals surface area contributed by atoms with Crippen LogP contribution in [0.3, 0.4) is 0 Å². The van der Waals surface area contributed by atoms with E-state index in [-0.39, 0.29) is 36.7 Å². The molecule has 18 heavy (non-hydrogen) atoms. The van der Waals surface area contributed by atoms with E-state index >= 15 is 0 Å². The van der Waals surface area contributed by atoms with Crippen LogP contribution in [0.15, 0.2) is 0 Å². The molecule has 1 heterocycles. The minimum Gasteiger partial charge on any atom is -0.383 e. The zero-order chi connectivity index (χ0) is 12.7. The van der Waals surface area contributed by atoms with E-state index in [1.54, 1.807) is 12.0 Å². The van der Waals surface area contributed by atoms with Gasteiger partial charge in [0.25, 0.3) is 0 Å². The highest BCUT2D eigenvalue weighted by molar-refractivity contribution is 5.88. The quantitative estimate of drug-likeness (QED) is 0.636. The van der Waals surface area contributed by atoms with Crippen LogP contribution in [-0.4, -0.2) is 62.7 Å². The van der Waals surface area contributed by atoms with Crippen molar-refractivity contribution in [3.05, 3.63) is 0 Å². The van der Waals surface area contributed by atoms with Crippen LogP contribution in [0.1, 0.15) is 13.3 Å². The van der Waals surface area contributed by atoms with Gasteiger partial charge in [-0.2, -0.15) is 0 Å². The van der Waals surface area contributed by atoms with E-state index in [0.717, 1.165) is 13.1 Å². The molecule has 1 aliphatic heterocycles. The van der Waals surface area contributed by atoms with Crippen LogP contribution in [0.25, 0.3) is 0 Å². The van der Waals surface area contributed by atoms with Crippen molar-refractivity contribution in [2.45, 2.75) is 19.4 Å². The number of ether oxygens (including phenoxy) is 1. The van der Waals surface area contributed by atoms with Gasteiger partial charge in [-0.3, -0.25) is 9.59 Å². The summed E-state index contributed by atoms with van der Waals surface area (Å²) in [6, 6.07) is -0.383. The van der Waals surface area contributed by atoms with Gasteiger partial charge >= 0.3 is 0 Å². The Bertz CT molecular complexity index is 276. The third-order valence-electron chi connectivity index (χ3n) is 2.78. The first kappa shape index (κ1) is 17.2. The topological polar surface area (TPSA) is 70.7 Å². The first-order valence-corrected chi connectivity index (χ1v) is 5.96. The molecule has 0 aliphatic carbocycles. The van der Waals surface area contributed by atoms with Crippen LogP contribution in [0.2, 0.25) is 0 Å². The van der Waals surface area contributed by atoms with Gasteiger partial charge in [-0.15, -0.1) is 12.4 Å². The highest BCUT2D eigenvalue weighted by Gasteiger charge is 2.28. The molecule has 1 saturated heterocycles. The van der Waals surface area contributed by atoms with Crippen LogP contribution >= 0.6 is 12.4 Å². The summed E-state index contributed by atoms with van der Waals surface area (Å²) in [6.07, 6.45) is 0.193. The van der Waals surface area contributed by atoms with Crippen LogP contribution in [0.4, 0.5) is 0 Å².